The molecule has 0 fully saturated rings. The molecule has 2 bridgehead atoms. The van der Waals surface area contributed by atoms with Gasteiger partial charge in [-0.05, 0) is 61.0 Å². The first-order chi connectivity index (χ1) is 17.9. The summed E-state index contributed by atoms with van der Waals surface area (Å²) in [4.78, 5) is 0. The van der Waals surface area contributed by atoms with Crippen LogP contribution in [-0.2, 0) is 5.41 Å². The summed E-state index contributed by atoms with van der Waals surface area (Å²) in [5.41, 5.74) is 8.72. The first kappa shape index (κ1) is 19.7. The van der Waals surface area contributed by atoms with Crippen molar-refractivity contribution in [2.45, 2.75) is 11.3 Å². The van der Waals surface area contributed by atoms with Gasteiger partial charge in [-0.1, -0.05) is 133 Å². The average molecular weight is 455 g/mol. The van der Waals surface area contributed by atoms with Crippen LogP contribution < -0.4 is 0 Å². The summed E-state index contributed by atoms with van der Waals surface area (Å²) in [7, 11) is 0. The van der Waals surface area contributed by atoms with E-state index in [1.54, 1.807) is 0 Å². The Kier molecular flexibility index (Phi) is 3.94. The van der Waals surface area contributed by atoms with Crippen molar-refractivity contribution < 1.29 is 0 Å². The third-order valence-electron chi connectivity index (χ3n) is 8.17. The maximum absolute atomic E-state index is 3.94. The number of hydrogen-bond donors (Lipinski definition) is 0. The van der Waals surface area contributed by atoms with E-state index in [9.17, 15) is 0 Å². The molecule has 0 amide bonds. The van der Waals surface area contributed by atoms with Gasteiger partial charge in [-0.25, -0.2) is 0 Å². The van der Waals surface area contributed by atoms with E-state index in [1.165, 1.54) is 54.9 Å². The van der Waals surface area contributed by atoms with E-state index in [0.717, 1.165) is 5.56 Å². The summed E-state index contributed by atoms with van der Waals surface area (Å²) in [6.07, 6.45) is 0. The van der Waals surface area contributed by atoms with Crippen molar-refractivity contribution in [1.29, 1.82) is 0 Å². The Morgan fingerprint density at radius 3 is 1.39 bits per heavy atom. The van der Waals surface area contributed by atoms with Crippen LogP contribution in [0.1, 0.15) is 44.9 Å². The van der Waals surface area contributed by atoms with Crippen LogP contribution in [0.25, 0.3) is 21.5 Å². The van der Waals surface area contributed by atoms with Gasteiger partial charge in [0, 0.05) is 11.5 Å². The third-order valence-corrected chi connectivity index (χ3v) is 8.17. The topological polar surface area (TPSA) is 0 Å². The summed E-state index contributed by atoms with van der Waals surface area (Å²) in [5, 5.41) is 4.87. The predicted octanol–water partition coefficient (Wildman–Crippen LogP) is 8.19. The molecule has 0 nitrogen and oxygen atoms in total. The zero-order chi connectivity index (χ0) is 23.7. The highest BCUT2D eigenvalue weighted by Crippen LogP contribution is 2.58. The fourth-order valence-electron chi connectivity index (χ4n) is 6.72. The molecule has 0 unspecified atom stereocenters. The Hall–Kier alpha value is -4.60. The molecule has 166 valence electrons. The lowest BCUT2D eigenvalue weighted by atomic mass is 9.53. The fourth-order valence-corrected chi connectivity index (χ4v) is 6.72. The molecular weight excluding hydrogens is 432 g/mol. The van der Waals surface area contributed by atoms with E-state index in [-0.39, 0.29) is 5.92 Å². The quantitative estimate of drug-likeness (QED) is 0.160. The minimum atomic E-state index is -0.503. The normalized spacial score (nSPS) is 18.7. The Morgan fingerprint density at radius 1 is 0.472 bits per heavy atom. The van der Waals surface area contributed by atoms with E-state index < -0.39 is 5.41 Å². The zero-order valence-electron chi connectivity index (χ0n) is 19.7. The van der Waals surface area contributed by atoms with Crippen molar-refractivity contribution in [2.24, 2.45) is 0 Å². The van der Waals surface area contributed by atoms with Gasteiger partial charge in [0.2, 0.25) is 0 Å². The number of rotatable bonds is 0. The summed E-state index contributed by atoms with van der Waals surface area (Å²) in [5.74, 6) is 7.99. The van der Waals surface area contributed by atoms with Crippen molar-refractivity contribution in [3.63, 3.8) is 0 Å². The summed E-state index contributed by atoms with van der Waals surface area (Å²) in [6.45, 7) is 0. The monoisotopic (exact) mass is 454 g/mol. The van der Waals surface area contributed by atoms with Gasteiger partial charge in [0.1, 0.15) is 5.41 Å². The highest BCUT2D eigenvalue weighted by atomic mass is 14.5. The summed E-state index contributed by atoms with van der Waals surface area (Å²) < 4.78 is 0. The molecule has 0 spiro atoms. The second-order valence-corrected chi connectivity index (χ2v) is 9.89. The van der Waals surface area contributed by atoms with Gasteiger partial charge in [0.05, 0.1) is 0 Å². The van der Waals surface area contributed by atoms with Gasteiger partial charge in [0.15, 0.2) is 0 Å². The summed E-state index contributed by atoms with van der Waals surface area (Å²) >= 11 is 0. The lowest BCUT2D eigenvalue weighted by molar-refractivity contribution is 0.666. The lowest BCUT2D eigenvalue weighted by Gasteiger charge is -2.48. The molecule has 0 saturated carbocycles. The van der Waals surface area contributed by atoms with Crippen LogP contribution in [0.5, 0.6) is 0 Å². The van der Waals surface area contributed by atoms with Crippen LogP contribution >= 0.6 is 0 Å². The van der Waals surface area contributed by atoms with Gasteiger partial charge >= 0.3 is 0 Å². The second-order valence-electron chi connectivity index (χ2n) is 9.89. The molecule has 0 atom stereocenters. The standard InChI is InChI=1S/C36H22/c1-3-13-26-24(11-1)23-25-12-2-4-14-27(25)28(26)21-22-36-32-18-8-5-15-29(32)35(30-16-6-9-19-33(30)36)31-17-7-10-20-34(31)36/h1-20,23,35H. The SMILES string of the molecule is C(#CC12c3ccccc3C(c3ccccc31)c1ccccc12)c1c2ccccc2cc2ccccc12. The zero-order valence-corrected chi connectivity index (χ0v) is 19.7. The van der Waals surface area contributed by atoms with E-state index >= 15 is 0 Å². The van der Waals surface area contributed by atoms with Crippen molar-refractivity contribution in [3.05, 3.63) is 166 Å². The molecule has 0 radical (unpaired) electrons. The first-order valence-corrected chi connectivity index (χ1v) is 12.6. The molecule has 6 aromatic rings. The molecule has 0 saturated heterocycles. The van der Waals surface area contributed by atoms with Crippen LogP contribution in [0.15, 0.2) is 127 Å². The highest BCUT2D eigenvalue weighted by Gasteiger charge is 2.50. The molecular formula is C36H22. The predicted molar refractivity (Wildman–Crippen MR) is 148 cm³/mol. The molecule has 0 aromatic heterocycles. The lowest BCUT2D eigenvalue weighted by Crippen LogP contribution is -2.41. The molecule has 3 aliphatic rings. The van der Waals surface area contributed by atoms with Crippen molar-refractivity contribution in [3.8, 4) is 11.8 Å². The molecule has 0 N–H and O–H groups in total. The molecule has 3 aliphatic carbocycles. The first-order valence-electron chi connectivity index (χ1n) is 12.6. The van der Waals surface area contributed by atoms with Crippen LogP contribution in [0.3, 0.4) is 0 Å². The van der Waals surface area contributed by atoms with E-state index in [0.29, 0.717) is 0 Å². The van der Waals surface area contributed by atoms with Crippen molar-refractivity contribution in [2.75, 3.05) is 0 Å². The second kappa shape index (κ2) is 7.20. The molecule has 9 rings (SSSR count). The van der Waals surface area contributed by atoms with E-state index in [2.05, 4.69) is 139 Å². The number of hydrogen-bond acceptors (Lipinski definition) is 0. The molecule has 36 heavy (non-hydrogen) atoms. The Morgan fingerprint density at radius 2 is 0.889 bits per heavy atom. The van der Waals surface area contributed by atoms with Crippen LogP contribution in [0, 0.1) is 11.8 Å². The van der Waals surface area contributed by atoms with E-state index in [4.69, 9.17) is 0 Å². The third kappa shape index (κ3) is 2.45. The maximum Gasteiger partial charge on any atom is 0.107 e. The van der Waals surface area contributed by atoms with Gasteiger partial charge in [-0.3, -0.25) is 0 Å². The minimum absolute atomic E-state index is 0.260. The Bertz CT molecular complexity index is 1740. The van der Waals surface area contributed by atoms with Gasteiger partial charge in [-0.2, -0.15) is 0 Å². The smallest absolute Gasteiger partial charge is 0.0764 e. The molecule has 0 heteroatoms. The molecule has 0 aliphatic heterocycles. The van der Waals surface area contributed by atoms with Crippen molar-refractivity contribution >= 4 is 21.5 Å². The van der Waals surface area contributed by atoms with Crippen molar-refractivity contribution in [1.82, 2.24) is 0 Å². The van der Waals surface area contributed by atoms with Crippen LogP contribution in [0.2, 0.25) is 0 Å². The van der Waals surface area contributed by atoms with Crippen LogP contribution in [-0.4, -0.2) is 0 Å². The molecule has 6 aromatic carbocycles. The van der Waals surface area contributed by atoms with Gasteiger partial charge in [-0.15, -0.1) is 0 Å². The molecule has 0 heterocycles. The Labute approximate surface area is 210 Å². The number of benzene rings is 6. The maximum atomic E-state index is 3.94. The van der Waals surface area contributed by atoms with Crippen LogP contribution in [0.4, 0.5) is 0 Å². The number of fused-ring (bicyclic) bond motifs is 2. The van der Waals surface area contributed by atoms with Gasteiger partial charge < -0.3 is 0 Å². The summed E-state index contributed by atoms with van der Waals surface area (Å²) in [6, 6.07) is 46.3. The largest absolute Gasteiger partial charge is 0.107 e. The minimum Gasteiger partial charge on any atom is -0.0764 e. The Balaban J connectivity index is 1.52. The van der Waals surface area contributed by atoms with E-state index in [1.807, 2.05) is 0 Å². The highest BCUT2D eigenvalue weighted by molar-refractivity contribution is 6.04. The average Bonchev–Trinajstić information content (AvgIpc) is 2.95. The fraction of sp³-hybridized carbons (Fsp3) is 0.0556. The van der Waals surface area contributed by atoms with Gasteiger partial charge in [0.25, 0.3) is 0 Å².